The van der Waals surface area contributed by atoms with Crippen molar-refractivity contribution in [2.24, 2.45) is 0 Å². The summed E-state index contributed by atoms with van der Waals surface area (Å²) >= 11 is 5.54. The van der Waals surface area contributed by atoms with Crippen molar-refractivity contribution in [3.63, 3.8) is 0 Å². The normalized spacial score (nSPS) is 11.4. The van der Waals surface area contributed by atoms with Crippen molar-refractivity contribution < 1.29 is 13.9 Å². The molecule has 88 valence electrons. The van der Waals surface area contributed by atoms with Crippen LogP contribution in [0.15, 0.2) is 6.07 Å². The number of pyridine rings is 1. The summed E-state index contributed by atoms with van der Waals surface area (Å²) in [5.41, 5.74) is 0.116. The van der Waals surface area contributed by atoms with Crippen LogP contribution >= 0.6 is 11.6 Å². The van der Waals surface area contributed by atoms with E-state index >= 15 is 0 Å². The Morgan fingerprint density at radius 2 is 2.06 bits per heavy atom. The molecule has 0 saturated carbocycles. The zero-order valence-corrected chi connectivity index (χ0v) is 10.4. The fourth-order valence-corrected chi connectivity index (χ4v) is 1.43. The maximum Gasteiger partial charge on any atom is 0.357 e. The van der Waals surface area contributed by atoms with Gasteiger partial charge in [0.25, 0.3) is 0 Å². The number of carbonyl (C=O) groups is 1. The van der Waals surface area contributed by atoms with Gasteiger partial charge in [0.2, 0.25) is 0 Å². The van der Waals surface area contributed by atoms with Crippen LogP contribution in [0, 0.1) is 5.82 Å². The zero-order chi connectivity index (χ0) is 12.5. The average molecular weight is 246 g/mol. The molecule has 0 bridgehead atoms. The van der Waals surface area contributed by atoms with Crippen LogP contribution in [-0.4, -0.2) is 18.1 Å². The Morgan fingerprint density at radius 3 is 2.50 bits per heavy atom. The van der Waals surface area contributed by atoms with E-state index in [1.165, 1.54) is 13.2 Å². The lowest BCUT2D eigenvalue weighted by Gasteiger charge is -2.21. The first kappa shape index (κ1) is 12.9. The highest BCUT2D eigenvalue weighted by Crippen LogP contribution is 2.28. The van der Waals surface area contributed by atoms with E-state index in [0.717, 1.165) is 0 Å². The van der Waals surface area contributed by atoms with Crippen LogP contribution < -0.4 is 0 Å². The van der Waals surface area contributed by atoms with E-state index in [-0.39, 0.29) is 10.8 Å². The Labute approximate surface area is 98.6 Å². The van der Waals surface area contributed by atoms with Crippen LogP contribution in [0.1, 0.15) is 36.8 Å². The van der Waals surface area contributed by atoms with E-state index in [1.54, 1.807) is 0 Å². The van der Waals surface area contributed by atoms with Gasteiger partial charge in [-0.05, 0) is 17.0 Å². The number of nitrogens with zero attached hydrogens (tertiary/aromatic N) is 1. The standard InChI is InChI=1S/C11H13ClFNO2/c1-11(2,3)6-5-7(13)9(12)14-8(6)10(15)16-4/h5H,1-4H3. The second kappa shape index (κ2) is 4.37. The largest absolute Gasteiger partial charge is 0.464 e. The second-order valence-electron chi connectivity index (χ2n) is 4.40. The van der Waals surface area contributed by atoms with Crippen LogP contribution in [0.25, 0.3) is 0 Å². The molecule has 1 heterocycles. The molecule has 3 nitrogen and oxygen atoms in total. The van der Waals surface area contributed by atoms with Gasteiger partial charge < -0.3 is 4.74 Å². The molecule has 0 aromatic carbocycles. The minimum Gasteiger partial charge on any atom is -0.464 e. The number of hydrogen-bond donors (Lipinski definition) is 0. The summed E-state index contributed by atoms with van der Waals surface area (Å²) in [5, 5.41) is -0.326. The smallest absolute Gasteiger partial charge is 0.357 e. The van der Waals surface area contributed by atoms with E-state index in [1.807, 2.05) is 20.8 Å². The molecule has 0 atom stereocenters. The fraction of sp³-hybridized carbons (Fsp3) is 0.455. The van der Waals surface area contributed by atoms with Crippen LogP contribution in [-0.2, 0) is 10.2 Å². The molecule has 16 heavy (non-hydrogen) atoms. The highest BCUT2D eigenvalue weighted by Gasteiger charge is 2.25. The summed E-state index contributed by atoms with van der Waals surface area (Å²) < 4.78 is 17.9. The number of esters is 1. The fourth-order valence-electron chi connectivity index (χ4n) is 1.29. The summed E-state index contributed by atoms with van der Waals surface area (Å²) in [6.07, 6.45) is 0. The molecule has 1 rings (SSSR count). The van der Waals surface area contributed by atoms with Crippen molar-refractivity contribution in [2.45, 2.75) is 26.2 Å². The number of hydrogen-bond acceptors (Lipinski definition) is 3. The number of ether oxygens (including phenoxy) is 1. The molecule has 0 aliphatic heterocycles. The van der Waals surface area contributed by atoms with Gasteiger partial charge in [-0.3, -0.25) is 0 Å². The molecule has 1 aromatic rings. The van der Waals surface area contributed by atoms with Gasteiger partial charge in [-0.25, -0.2) is 14.2 Å². The lowest BCUT2D eigenvalue weighted by molar-refractivity contribution is 0.0591. The SMILES string of the molecule is COC(=O)c1nc(Cl)c(F)cc1C(C)(C)C. The van der Waals surface area contributed by atoms with Crippen molar-refractivity contribution in [3.05, 3.63) is 28.3 Å². The summed E-state index contributed by atoms with van der Waals surface area (Å²) in [4.78, 5) is 15.2. The summed E-state index contributed by atoms with van der Waals surface area (Å²) in [5.74, 6) is -1.26. The average Bonchev–Trinajstić information content (AvgIpc) is 2.18. The molecule has 0 N–H and O–H groups in total. The maximum atomic E-state index is 13.3. The zero-order valence-electron chi connectivity index (χ0n) is 9.60. The highest BCUT2D eigenvalue weighted by atomic mass is 35.5. The van der Waals surface area contributed by atoms with Crippen molar-refractivity contribution in [1.82, 2.24) is 4.98 Å². The number of carbonyl (C=O) groups excluding carboxylic acids is 1. The Balaban J connectivity index is 3.45. The van der Waals surface area contributed by atoms with Gasteiger partial charge in [0.05, 0.1) is 7.11 Å². The first-order chi connectivity index (χ1) is 7.27. The molecule has 0 aliphatic rings. The molecule has 0 amide bonds. The Bertz CT molecular complexity index is 427. The van der Waals surface area contributed by atoms with Gasteiger partial charge in [0.1, 0.15) is 0 Å². The van der Waals surface area contributed by atoms with Gasteiger partial charge in [-0.15, -0.1) is 0 Å². The van der Waals surface area contributed by atoms with Crippen LogP contribution in [0.2, 0.25) is 5.15 Å². The van der Waals surface area contributed by atoms with Crippen LogP contribution in [0.3, 0.4) is 0 Å². The Kier molecular flexibility index (Phi) is 3.53. The number of methoxy groups -OCH3 is 1. The number of aromatic nitrogens is 1. The molecule has 0 radical (unpaired) electrons. The van der Waals surface area contributed by atoms with E-state index in [2.05, 4.69) is 9.72 Å². The Morgan fingerprint density at radius 1 is 1.50 bits per heavy atom. The molecule has 0 saturated heterocycles. The van der Waals surface area contributed by atoms with Gasteiger partial charge >= 0.3 is 5.97 Å². The third kappa shape index (κ3) is 2.50. The van der Waals surface area contributed by atoms with E-state index in [4.69, 9.17) is 11.6 Å². The second-order valence-corrected chi connectivity index (χ2v) is 4.76. The van der Waals surface area contributed by atoms with Crippen molar-refractivity contribution in [2.75, 3.05) is 7.11 Å². The van der Waals surface area contributed by atoms with Gasteiger partial charge in [0, 0.05) is 0 Å². The predicted molar refractivity (Wildman–Crippen MR) is 59.2 cm³/mol. The summed E-state index contributed by atoms with van der Waals surface area (Å²) in [7, 11) is 1.24. The maximum absolute atomic E-state index is 13.3. The van der Waals surface area contributed by atoms with Crippen molar-refractivity contribution >= 4 is 17.6 Å². The van der Waals surface area contributed by atoms with Gasteiger partial charge in [-0.2, -0.15) is 0 Å². The van der Waals surface area contributed by atoms with Crippen LogP contribution in [0.5, 0.6) is 0 Å². The summed E-state index contributed by atoms with van der Waals surface area (Å²) in [6.45, 7) is 5.55. The lowest BCUT2D eigenvalue weighted by Crippen LogP contribution is -2.20. The third-order valence-corrected chi connectivity index (χ3v) is 2.39. The van der Waals surface area contributed by atoms with Crippen molar-refractivity contribution in [1.29, 1.82) is 0 Å². The molecule has 0 unspecified atom stereocenters. The number of rotatable bonds is 1. The molecule has 0 spiro atoms. The minimum absolute atomic E-state index is 0.0569. The number of halogens is 2. The molecule has 5 heteroatoms. The molecular formula is C11H13ClFNO2. The highest BCUT2D eigenvalue weighted by molar-refractivity contribution is 6.29. The van der Waals surface area contributed by atoms with Gasteiger partial charge in [0.15, 0.2) is 16.7 Å². The van der Waals surface area contributed by atoms with Gasteiger partial charge in [-0.1, -0.05) is 32.4 Å². The van der Waals surface area contributed by atoms with E-state index in [0.29, 0.717) is 5.56 Å². The van der Waals surface area contributed by atoms with E-state index < -0.39 is 17.2 Å². The topological polar surface area (TPSA) is 39.2 Å². The Hall–Kier alpha value is -1.16. The molecule has 0 fully saturated rings. The third-order valence-electron chi connectivity index (χ3n) is 2.12. The summed E-state index contributed by atoms with van der Waals surface area (Å²) in [6, 6.07) is 1.22. The van der Waals surface area contributed by atoms with E-state index in [9.17, 15) is 9.18 Å². The monoisotopic (exact) mass is 245 g/mol. The predicted octanol–water partition coefficient (Wildman–Crippen LogP) is 2.96. The lowest BCUT2D eigenvalue weighted by atomic mass is 9.86. The minimum atomic E-state index is -0.640. The van der Waals surface area contributed by atoms with Crippen molar-refractivity contribution in [3.8, 4) is 0 Å². The quantitative estimate of drug-likeness (QED) is 0.564. The first-order valence-corrected chi connectivity index (χ1v) is 5.10. The first-order valence-electron chi connectivity index (χ1n) is 4.72. The molecular weight excluding hydrogens is 233 g/mol. The molecule has 1 aromatic heterocycles. The molecule has 0 aliphatic carbocycles. The van der Waals surface area contributed by atoms with Crippen LogP contribution in [0.4, 0.5) is 4.39 Å².